The van der Waals surface area contributed by atoms with Gasteiger partial charge in [-0.25, -0.2) is 0 Å². The molecule has 0 radical (unpaired) electrons. The summed E-state index contributed by atoms with van der Waals surface area (Å²) in [6, 6.07) is 0. The zero-order chi connectivity index (χ0) is 16.5. The minimum absolute atomic E-state index is 0.179. The predicted octanol–water partition coefficient (Wildman–Crippen LogP) is 1.44. The molecule has 21 heavy (non-hydrogen) atoms. The summed E-state index contributed by atoms with van der Waals surface area (Å²) in [5.74, 6) is 0.442. The minimum atomic E-state index is -0.600. The molecule has 0 saturated heterocycles. The van der Waals surface area contributed by atoms with Crippen molar-refractivity contribution in [2.75, 3.05) is 53.9 Å². The van der Waals surface area contributed by atoms with Gasteiger partial charge in [0.15, 0.2) is 0 Å². The molecular weight excluding hydrogens is 266 g/mol. The normalized spacial score (nSPS) is 14.8. The maximum atomic E-state index is 12.0. The third kappa shape index (κ3) is 8.39. The van der Waals surface area contributed by atoms with Gasteiger partial charge in [-0.05, 0) is 39.9 Å². The zero-order valence-corrected chi connectivity index (χ0v) is 15.0. The highest BCUT2D eigenvalue weighted by Crippen LogP contribution is 2.13. The molecule has 0 saturated carbocycles. The third-order valence-electron chi connectivity index (χ3n) is 3.62. The average Bonchev–Trinajstić information content (AvgIpc) is 2.40. The quantitative estimate of drug-likeness (QED) is 0.585. The van der Waals surface area contributed by atoms with Crippen LogP contribution in [0.1, 0.15) is 34.1 Å². The molecule has 0 aliphatic rings. The maximum absolute atomic E-state index is 12.0. The zero-order valence-electron chi connectivity index (χ0n) is 15.0. The fourth-order valence-electron chi connectivity index (χ4n) is 2.41. The topological polar surface area (TPSA) is 44.8 Å². The van der Waals surface area contributed by atoms with Gasteiger partial charge in [0.25, 0.3) is 0 Å². The van der Waals surface area contributed by atoms with Crippen LogP contribution in [0.4, 0.5) is 0 Å². The molecule has 0 aliphatic heterocycles. The number of carbonyl (C=O) groups is 1. The van der Waals surface area contributed by atoms with Gasteiger partial charge in [0, 0.05) is 26.2 Å². The van der Waals surface area contributed by atoms with E-state index >= 15 is 0 Å². The highest BCUT2D eigenvalue weighted by molar-refractivity contribution is 5.80. The van der Waals surface area contributed by atoms with E-state index in [2.05, 4.69) is 43.1 Å². The Kier molecular flexibility index (Phi) is 9.83. The number of hydrogen-bond donors (Lipinski definition) is 1. The van der Waals surface area contributed by atoms with E-state index in [1.807, 2.05) is 13.8 Å². The van der Waals surface area contributed by atoms with Gasteiger partial charge < -0.3 is 19.9 Å². The Morgan fingerprint density at radius 2 is 1.86 bits per heavy atom. The number of carbonyl (C=O) groups excluding carboxylic acids is 1. The largest absolute Gasteiger partial charge is 0.468 e. The van der Waals surface area contributed by atoms with E-state index in [0.717, 1.165) is 39.1 Å². The number of methoxy groups -OCH3 is 1. The van der Waals surface area contributed by atoms with E-state index in [1.165, 1.54) is 7.11 Å². The fourth-order valence-corrected chi connectivity index (χ4v) is 2.41. The van der Waals surface area contributed by atoms with Crippen molar-refractivity contribution in [1.29, 1.82) is 0 Å². The fraction of sp³-hybridized carbons (Fsp3) is 0.938. The van der Waals surface area contributed by atoms with Gasteiger partial charge in [0.2, 0.25) is 0 Å². The number of nitrogens with zero attached hydrogens (tertiary/aromatic N) is 2. The lowest BCUT2D eigenvalue weighted by Gasteiger charge is -2.32. The first-order valence-corrected chi connectivity index (χ1v) is 7.95. The average molecular weight is 301 g/mol. The van der Waals surface area contributed by atoms with Crippen LogP contribution < -0.4 is 5.32 Å². The molecule has 0 aliphatic carbocycles. The van der Waals surface area contributed by atoms with Gasteiger partial charge in [-0.3, -0.25) is 4.79 Å². The standard InChI is InChI=1S/C16H35N3O2/c1-8-17-16(4,15(20)21-7)9-10-19(13-14(2)3)12-11-18(5)6/h14,17H,8-13H2,1-7H3. The Balaban J connectivity index is 4.62. The molecule has 0 fully saturated rings. The third-order valence-corrected chi connectivity index (χ3v) is 3.62. The molecule has 5 nitrogen and oxygen atoms in total. The van der Waals surface area contributed by atoms with E-state index in [4.69, 9.17) is 4.74 Å². The lowest BCUT2D eigenvalue weighted by molar-refractivity contribution is -0.148. The summed E-state index contributed by atoms with van der Waals surface area (Å²) in [4.78, 5) is 16.6. The van der Waals surface area contributed by atoms with Crippen molar-refractivity contribution < 1.29 is 9.53 Å². The monoisotopic (exact) mass is 301 g/mol. The molecule has 0 rings (SSSR count). The Morgan fingerprint density at radius 3 is 2.29 bits per heavy atom. The summed E-state index contributed by atoms with van der Waals surface area (Å²) in [6.45, 7) is 13.2. The van der Waals surface area contributed by atoms with Crippen molar-refractivity contribution in [2.45, 2.75) is 39.7 Å². The van der Waals surface area contributed by atoms with Crippen LogP contribution in [-0.4, -0.2) is 75.2 Å². The van der Waals surface area contributed by atoms with Crippen LogP contribution in [0.2, 0.25) is 0 Å². The second-order valence-electron chi connectivity index (χ2n) is 6.60. The van der Waals surface area contributed by atoms with Crippen LogP contribution in [0, 0.1) is 5.92 Å². The van der Waals surface area contributed by atoms with E-state index in [9.17, 15) is 4.79 Å². The summed E-state index contributed by atoms with van der Waals surface area (Å²) in [5, 5.41) is 3.27. The molecule has 0 aromatic carbocycles. The highest BCUT2D eigenvalue weighted by atomic mass is 16.5. The molecule has 1 atom stereocenters. The predicted molar refractivity (Wildman–Crippen MR) is 88.5 cm³/mol. The van der Waals surface area contributed by atoms with Crippen molar-refractivity contribution in [1.82, 2.24) is 15.1 Å². The number of rotatable bonds is 11. The van der Waals surface area contributed by atoms with Crippen LogP contribution in [-0.2, 0) is 9.53 Å². The Hall–Kier alpha value is -0.650. The summed E-state index contributed by atoms with van der Waals surface area (Å²) in [7, 11) is 5.63. The van der Waals surface area contributed by atoms with Crippen LogP contribution in [0.3, 0.4) is 0 Å². The summed E-state index contributed by atoms with van der Waals surface area (Å²) in [6.07, 6.45) is 0.758. The van der Waals surface area contributed by atoms with Crippen molar-refractivity contribution in [3.05, 3.63) is 0 Å². The smallest absolute Gasteiger partial charge is 0.325 e. The second kappa shape index (κ2) is 10.1. The van der Waals surface area contributed by atoms with E-state index < -0.39 is 5.54 Å². The van der Waals surface area contributed by atoms with Crippen LogP contribution in [0.15, 0.2) is 0 Å². The minimum Gasteiger partial charge on any atom is -0.468 e. The molecular formula is C16H35N3O2. The Morgan fingerprint density at radius 1 is 1.24 bits per heavy atom. The van der Waals surface area contributed by atoms with Gasteiger partial charge in [-0.1, -0.05) is 20.8 Å². The van der Waals surface area contributed by atoms with E-state index in [1.54, 1.807) is 0 Å². The second-order valence-corrected chi connectivity index (χ2v) is 6.60. The van der Waals surface area contributed by atoms with Crippen LogP contribution in [0.25, 0.3) is 0 Å². The number of ether oxygens (including phenoxy) is 1. The van der Waals surface area contributed by atoms with Crippen molar-refractivity contribution in [2.24, 2.45) is 5.92 Å². The van der Waals surface area contributed by atoms with Crippen LogP contribution >= 0.6 is 0 Å². The Labute approximate surface area is 131 Å². The molecule has 0 aromatic rings. The first kappa shape index (κ1) is 20.3. The van der Waals surface area contributed by atoms with Gasteiger partial charge in [-0.15, -0.1) is 0 Å². The number of likely N-dealkylation sites (N-methyl/N-ethyl adjacent to an activating group) is 2. The molecule has 0 spiro atoms. The molecule has 0 amide bonds. The maximum Gasteiger partial charge on any atom is 0.325 e. The van der Waals surface area contributed by atoms with Crippen molar-refractivity contribution in [3.8, 4) is 0 Å². The van der Waals surface area contributed by atoms with Gasteiger partial charge in [-0.2, -0.15) is 0 Å². The summed E-state index contributed by atoms with van der Waals surface area (Å²) >= 11 is 0. The number of hydrogen-bond acceptors (Lipinski definition) is 5. The van der Waals surface area contributed by atoms with Crippen molar-refractivity contribution in [3.63, 3.8) is 0 Å². The molecule has 0 bridgehead atoms. The van der Waals surface area contributed by atoms with E-state index in [0.29, 0.717) is 5.92 Å². The molecule has 0 aromatic heterocycles. The van der Waals surface area contributed by atoms with Crippen LogP contribution in [0.5, 0.6) is 0 Å². The lowest BCUT2D eigenvalue weighted by atomic mass is 9.97. The van der Waals surface area contributed by atoms with Crippen molar-refractivity contribution >= 4 is 5.97 Å². The first-order chi connectivity index (χ1) is 9.75. The molecule has 1 unspecified atom stereocenters. The number of esters is 1. The highest BCUT2D eigenvalue weighted by Gasteiger charge is 2.33. The molecule has 5 heteroatoms. The SMILES string of the molecule is CCNC(C)(CCN(CCN(C)C)CC(C)C)C(=O)OC. The first-order valence-electron chi connectivity index (χ1n) is 7.95. The van der Waals surface area contributed by atoms with Gasteiger partial charge in [0.05, 0.1) is 7.11 Å². The summed E-state index contributed by atoms with van der Waals surface area (Å²) < 4.78 is 4.95. The number of nitrogens with one attached hydrogen (secondary N) is 1. The van der Waals surface area contributed by atoms with Gasteiger partial charge in [0.1, 0.15) is 5.54 Å². The van der Waals surface area contributed by atoms with Gasteiger partial charge >= 0.3 is 5.97 Å². The molecule has 0 heterocycles. The molecule has 126 valence electrons. The summed E-state index contributed by atoms with van der Waals surface area (Å²) in [5.41, 5.74) is -0.600. The van der Waals surface area contributed by atoms with E-state index in [-0.39, 0.29) is 5.97 Å². The lowest BCUT2D eigenvalue weighted by Crippen LogP contribution is -2.52. The molecule has 1 N–H and O–H groups in total. The Bertz CT molecular complexity index is 295.